The van der Waals surface area contributed by atoms with Gasteiger partial charge in [-0.2, -0.15) is 0 Å². The average molecular weight is 573 g/mol. The molecule has 1 unspecified atom stereocenters. The van der Waals surface area contributed by atoms with E-state index in [4.69, 9.17) is 17.3 Å². The molecule has 1 aromatic heterocycles. The molecular formula is C30H23BrClN3O2. The first-order chi connectivity index (χ1) is 17.8. The minimum atomic E-state index is -0.373. The number of aromatic amines is 1. The number of aromatic nitrogens is 1. The molecule has 7 heteroatoms. The van der Waals surface area contributed by atoms with Crippen LogP contribution in [0.4, 0.5) is 5.82 Å². The Hall–Kier alpha value is -3.87. The molecule has 37 heavy (non-hydrogen) atoms. The van der Waals surface area contributed by atoms with E-state index in [0.29, 0.717) is 21.7 Å². The molecule has 4 N–H and O–H groups in total. The number of hydrogen-bond donors (Lipinski definition) is 3. The second-order valence-electron chi connectivity index (χ2n) is 8.77. The van der Waals surface area contributed by atoms with Crippen LogP contribution in [0, 0.1) is 0 Å². The van der Waals surface area contributed by atoms with Crippen LogP contribution >= 0.6 is 27.5 Å². The van der Waals surface area contributed by atoms with Gasteiger partial charge in [0.25, 0.3) is 5.91 Å². The first-order valence-corrected chi connectivity index (χ1v) is 12.9. The fourth-order valence-electron chi connectivity index (χ4n) is 4.55. The summed E-state index contributed by atoms with van der Waals surface area (Å²) in [4.78, 5) is 30.2. The summed E-state index contributed by atoms with van der Waals surface area (Å²) in [7, 11) is 0. The number of rotatable bonds is 6. The zero-order valence-electron chi connectivity index (χ0n) is 19.9. The van der Waals surface area contributed by atoms with Crippen molar-refractivity contribution in [1.82, 2.24) is 10.3 Å². The highest BCUT2D eigenvalue weighted by Crippen LogP contribution is 2.35. The molecule has 0 aliphatic rings. The predicted molar refractivity (Wildman–Crippen MR) is 153 cm³/mol. The van der Waals surface area contributed by atoms with E-state index >= 15 is 0 Å². The van der Waals surface area contributed by atoms with Gasteiger partial charge < -0.3 is 16.0 Å². The summed E-state index contributed by atoms with van der Waals surface area (Å²) in [6.45, 7) is 1.93. The molecule has 0 aliphatic carbocycles. The van der Waals surface area contributed by atoms with Crippen molar-refractivity contribution < 1.29 is 9.59 Å². The number of H-pyrrole nitrogens is 1. The summed E-state index contributed by atoms with van der Waals surface area (Å²) in [5.74, 6) is -0.539. The molecule has 0 bridgehead atoms. The number of nitrogen functional groups attached to an aromatic ring is 1. The second kappa shape index (κ2) is 10.2. The van der Waals surface area contributed by atoms with Crippen molar-refractivity contribution in [3.8, 4) is 11.1 Å². The Balaban J connectivity index is 1.58. The molecule has 1 atom stereocenters. The lowest BCUT2D eigenvalue weighted by Crippen LogP contribution is -2.27. The van der Waals surface area contributed by atoms with E-state index in [-0.39, 0.29) is 34.8 Å². The number of carbonyl (C=O) groups excluding carboxylic acids is 2. The van der Waals surface area contributed by atoms with E-state index in [0.717, 1.165) is 20.8 Å². The van der Waals surface area contributed by atoms with Crippen molar-refractivity contribution in [3.63, 3.8) is 0 Å². The summed E-state index contributed by atoms with van der Waals surface area (Å²) < 4.78 is 0.876. The Kier molecular flexibility index (Phi) is 6.87. The highest BCUT2D eigenvalue weighted by atomic mass is 79.9. The van der Waals surface area contributed by atoms with Gasteiger partial charge in [-0.1, -0.05) is 82.1 Å². The Bertz CT molecular complexity index is 1620. The Morgan fingerprint density at radius 3 is 2.32 bits per heavy atom. The number of ketones is 1. The largest absolute Gasteiger partial charge is 0.385 e. The highest BCUT2D eigenvalue weighted by Gasteiger charge is 2.28. The normalized spacial score (nSPS) is 11.9. The van der Waals surface area contributed by atoms with E-state index in [9.17, 15) is 9.59 Å². The molecule has 5 aromatic rings. The molecule has 4 aromatic carbocycles. The summed E-state index contributed by atoms with van der Waals surface area (Å²) in [6.07, 6.45) is 0. The van der Waals surface area contributed by atoms with Crippen molar-refractivity contribution in [1.29, 1.82) is 0 Å². The van der Waals surface area contributed by atoms with Gasteiger partial charge in [-0.3, -0.25) is 9.59 Å². The molecule has 5 nitrogen and oxygen atoms in total. The first kappa shape index (κ1) is 24.8. The van der Waals surface area contributed by atoms with E-state index in [1.165, 1.54) is 0 Å². The number of anilines is 1. The molecule has 0 saturated heterocycles. The molecule has 5 rings (SSSR count). The lowest BCUT2D eigenvalue weighted by Gasteiger charge is -2.17. The van der Waals surface area contributed by atoms with Crippen LogP contribution in [-0.4, -0.2) is 16.7 Å². The number of halogens is 2. The minimum Gasteiger partial charge on any atom is -0.385 e. The van der Waals surface area contributed by atoms with Crippen LogP contribution in [0.25, 0.3) is 21.9 Å². The molecule has 1 heterocycles. The quantitative estimate of drug-likeness (QED) is 0.184. The summed E-state index contributed by atoms with van der Waals surface area (Å²) >= 11 is 9.46. The van der Waals surface area contributed by atoms with Gasteiger partial charge in [0.05, 0.1) is 17.3 Å². The predicted octanol–water partition coefficient (Wildman–Crippen LogP) is 7.56. The molecule has 0 fully saturated rings. The molecular weight excluding hydrogens is 550 g/mol. The number of fused-ring (bicyclic) bond motifs is 1. The molecule has 0 saturated carbocycles. The Morgan fingerprint density at radius 2 is 1.59 bits per heavy atom. The number of benzene rings is 4. The molecule has 184 valence electrons. The van der Waals surface area contributed by atoms with Crippen LogP contribution < -0.4 is 11.1 Å². The van der Waals surface area contributed by atoms with E-state index < -0.39 is 0 Å². The third kappa shape index (κ3) is 4.90. The number of nitrogens with one attached hydrogen (secondary N) is 2. The van der Waals surface area contributed by atoms with E-state index in [2.05, 4.69) is 26.2 Å². The van der Waals surface area contributed by atoms with Gasteiger partial charge >= 0.3 is 0 Å². The fourth-order valence-corrected chi connectivity index (χ4v) is 4.94. The number of nitrogens with two attached hydrogens (primary N) is 1. The lowest BCUT2D eigenvalue weighted by molar-refractivity contribution is 0.0941. The highest BCUT2D eigenvalue weighted by molar-refractivity contribution is 9.10. The second-order valence-corrected chi connectivity index (χ2v) is 10.1. The third-order valence-corrected chi connectivity index (χ3v) is 7.14. The van der Waals surface area contributed by atoms with Crippen LogP contribution in [0.15, 0.2) is 95.5 Å². The van der Waals surface area contributed by atoms with Gasteiger partial charge in [-0.05, 0) is 65.2 Å². The van der Waals surface area contributed by atoms with Crippen LogP contribution in [0.3, 0.4) is 0 Å². The Morgan fingerprint density at radius 1 is 0.919 bits per heavy atom. The number of carbonyl (C=O) groups is 2. The summed E-state index contributed by atoms with van der Waals surface area (Å²) in [5.41, 5.74) is 9.39. The van der Waals surface area contributed by atoms with Crippen LogP contribution in [0.1, 0.15) is 44.9 Å². The zero-order valence-corrected chi connectivity index (χ0v) is 22.2. The van der Waals surface area contributed by atoms with Crippen molar-refractivity contribution in [2.24, 2.45) is 0 Å². The van der Waals surface area contributed by atoms with Crippen molar-refractivity contribution in [2.75, 3.05) is 5.73 Å². The lowest BCUT2D eigenvalue weighted by atomic mass is 9.95. The van der Waals surface area contributed by atoms with Crippen LogP contribution in [0.5, 0.6) is 0 Å². The minimum absolute atomic E-state index is 0.123. The summed E-state index contributed by atoms with van der Waals surface area (Å²) in [5, 5.41) is 5.77. The number of hydrogen-bond acceptors (Lipinski definition) is 3. The fraction of sp³-hybridized carbons (Fsp3) is 0.0667. The van der Waals surface area contributed by atoms with Gasteiger partial charge in [0.1, 0.15) is 5.82 Å². The van der Waals surface area contributed by atoms with Gasteiger partial charge in [0.2, 0.25) is 5.78 Å². The third-order valence-electron chi connectivity index (χ3n) is 6.36. The van der Waals surface area contributed by atoms with Crippen molar-refractivity contribution in [2.45, 2.75) is 13.0 Å². The maximum Gasteiger partial charge on any atom is 0.256 e. The monoisotopic (exact) mass is 571 g/mol. The molecule has 0 spiro atoms. The van der Waals surface area contributed by atoms with E-state index in [1.807, 2.05) is 73.7 Å². The molecule has 0 radical (unpaired) electrons. The van der Waals surface area contributed by atoms with Crippen LogP contribution in [0.2, 0.25) is 5.02 Å². The maximum absolute atomic E-state index is 13.7. The Labute approximate surface area is 227 Å². The van der Waals surface area contributed by atoms with E-state index in [1.54, 1.807) is 24.3 Å². The molecule has 1 amide bonds. The van der Waals surface area contributed by atoms with Gasteiger partial charge in [-0.25, -0.2) is 0 Å². The SMILES string of the molecule is CC(NC(=O)c1c(N)[nH]c(C(=O)c2ccc(Cl)cc2)c1-c1ccc(Br)cc1)c1cccc2ccccc12. The smallest absolute Gasteiger partial charge is 0.256 e. The zero-order chi connectivity index (χ0) is 26.1. The topological polar surface area (TPSA) is 88.0 Å². The van der Waals surface area contributed by atoms with Gasteiger partial charge in [0, 0.05) is 20.6 Å². The number of amides is 1. The van der Waals surface area contributed by atoms with Crippen molar-refractivity contribution in [3.05, 3.63) is 123 Å². The van der Waals surface area contributed by atoms with Gasteiger partial charge in [0.15, 0.2) is 0 Å². The van der Waals surface area contributed by atoms with Crippen LogP contribution in [-0.2, 0) is 0 Å². The standard InChI is InChI=1S/C30H23BrClN3O2/c1-17(23-8-4-6-18-5-2-3-7-24(18)23)34-30(37)26-25(19-9-13-21(31)14-10-19)27(35-29(26)33)28(36)20-11-15-22(32)16-12-20/h2-17,35H,33H2,1H3,(H,34,37). The molecule has 0 aliphatic heterocycles. The summed E-state index contributed by atoms with van der Waals surface area (Å²) in [6, 6.07) is 27.7. The van der Waals surface area contributed by atoms with Gasteiger partial charge in [-0.15, -0.1) is 0 Å². The first-order valence-electron chi connectivity index (χ1n) is 11.7. The maximum atomic E-state index is 13.7. The average Bonchev–Trinajstić information content (AvgIpc) is 3.25. The van der Waals surface area contributed by atoms with Crippen molar-refractivity contribution >= 4 is 55.8 Å².